The fourth-order valence-corrected chi connectivity index (χ4v) is 3.14. The topological polar surface area (TPSA) is 98.5 Å². The maximum atomic E-state index is 11.8. The monoisotopic (exact) mass is 400 g/mol. The maximum absolute atomic E-state index is 11.8. The van der Waals surface area contributed by atoms with E-state index in [1.807, 2.05) is 6.92 Å². The van der Waals surface area contributed by atoms with Crippen molar-refractivity contribution in [3.8, 4) is 11.5 Å². The van der Waals surface area contributed by atoms with Gasteiger partial charge in [0.05, 0.1) is 14.3 Å². The minimum atomic E-state index is -3.78. The second-order valence-electron chi connectivity index (χ2n) is 4.63. The average molecular weight is 401 g/mol. The van der Waals surface area contributed by atoms with Gasteiger partial charge in [0.2, 0.25) is 15.8 Å². The number of ether oxygens (including phenoxy) is 1. The van der Waals surface area contributed by atoms with Crippen LogP contribution in [0.15, 0.2) is 45.8 Å². The van der Waals surface area contributed by atoms with Crippen molar-refractivity contribution in [3.05, 3.63) is 56.5 Å². The van der Waals surface area contributed by atoms with E-state index in [-0.39, 0.29) is 10.6 Å². The molecule has 2 aromatic carbocycles. The van der Waals surface area contributed by atoms with Crippen LogP contribution in [0, 0.1) is 17.0 Å². The highest BCUT2D eigenvalue weighted by atomic mass is 79.9. The van der Waals surface area contributed by atoms with Crippen molar-refractivity contribution in [2.45, 2.75) is 11.8 Å². The Labute approximate surface area is 141 Å². The Morgan fingerprint density at radius 2 is 1.83 bits per heavy atom. The number of nitro groups is 1. The lowest BCUT2D eigenvalue weighted by molar-refractivity contribution is -0.385. The van der Waals surface area contributed by atoms with Crippen molar-refractivity contribution >= 4 is 31.6 Å². The van der Waals surface area contributed by atoms with E-state index >= 15 is 0 Å². The van der Waals surface area contributed by atoms with Crippen LogP contribution < -0.4 is 9.46 Å². The van der Waals surface area contributed by atoms with Gasteiger partial charge >= 0.3 is 5.69 Å². The van der Waals surface area contributed by atoms with E-state index in [1.165, 1.54) is 19.2 Å². The van der Waals surface area contributed by atoms with Crippen LogP contribution in [0.2, 0.25) is 0 Å². The Hall–Kier alpha value is -1.97. The van der Waals surface area contributed by atoms with E-state index < -0.39 is 20.6 Å². The molecule has 1 N–H and O–H groups in total. The molecule has 0 amide bonds. The zero-order valence-corrected chi connectivity index (χ0v) is 14.6. The number of nitro benzene ring substituents is 1. The Morgan fingerprint density at radius 1 is 1.17 bits per heavy atom. The van der Waals surface area contributed by atoms with Crippen molar-refractivity contribution in [1.82, 2.24) is 4.72 Å². The third-order valence-electron chi connectivity index (χ3n) is 3.01. The summed E-state index contributed by atoms with van der Waals surface area (Å²) in [6.07, 6.45) is 0. The van der Waals surface area contributed by atoms with Gasteiger partial charge in [-0.25, -0.2) is 13.1 Å². The predicted molar refractivity (Wildman–Crippen MR) is 88.3 cm³/mol. The summed E-state index contributed by atoms with van der Waals surface area (Å²) in [5, 5.41) is 11.2. The average Bonchev–Trinajstić information content (AvgIpc) is 2.50. The third-order valence-corrected chi connectivity index (χ3v) is 5.05. The van der Waals surface area contributed by atoms with Crippen LogP contribution in [0.5, 0.6) is 11.5 Å². The summed E-state index contributed by atoms with van der Waals surface area (Å²) in [6.45, 7) is 1.90. The largest absolute Gasteiger partial charge is 0.449 e. The minimum absolute atomic E-state index is 0.0467. The number of nitrogens with one attached hydrogen (secondary N) is 1. The lowest BCUT2D eigenvalue weighted by Gasteiger charge is -2.10. The molecule has 0 fully saturated rings. The van der Waals surface area contributed by atoms with E-state index in [0.29, 0.717) is 10.2 Å². The maximum Gasteiger partial charge on any atom is 0.312 e. The molecule has 7 nitrogen and oxygen atoms in total. The zero-order chi connectivity index (χ0) is 17.2. The normalized spacial score (nSPS) is 11.3. The number of sulfonamides is 1. The van der Waals surface area contributed by atoms with Gasteiger partial charge in [-0.1, -0.05) is 6.07 Å². The molecule has 2 rings (SSSR count). The van der Waals surface area contributed by atoms with Crippen LogP contribution in [0.1, 0.15) is 5.56 Å². The van der Waals surface area contributed by atoms with Crippen molar-refractivity contribution in [1.29, 1.82) is 0 Å². The summed E-state index contributed by atoms with van der Waals surface area (Å²) < 4.78 is 31.8. The van der Waals surface area contributed by atoms with Crippen LogP contribution in [0.25, 0.3) is 0 Å². The van der Waals surface area contributed by atoms with Crippen LogP contribution in [0.4, 0.5) is 5.69 Å². The fourth-order valence-electron chi connectivity index (χ4n) is 1.82. The van der Waals surface area contributed by atoms with Gasteiger partial charge in [-0.15, -0.1) is 0 Å². The van der Waals surface area contributed by atoms with Gasteiger partial charge in [-0.05, 0) is 59.7 Å². The van der Waals surface area contributed by atoms with E-state index in [9.17, 15) is 18.5 Å². The first-order valence-corrected chi connectivity index (χ1v) is 8.68. The summed E-state index contributed by atoms with van der Waals surface area (Å²) in [6, 6.07) is 8.74. The molecule has 0 atom stereocenters. The molecule has 0 aromatic heterocycles. The number of nitrogens with zero attached hydrogens (tertiary/aromatic N) is 1. The predicted octanol–water partition coefficient (Wildman–Crippen LogP) is 3.37. The van der Waals surface area contributed by atoms with Gasteiger partial charge in [0.1, 0.15) is 5.75 Å². The lowest BCUT2D eigenvalue weighted by atomic mass is 10.2. The first-order valence-electron chi connectivity index (χ1n) is 6.40. The molecule has 9 heteroatoms. The molecule has 0 saturated carbocycles. The number of hydrogen-bond acceptors (Lipinski definition) is 5. The summed E-state index contributed by atoms with van der Waals surface area (Å²) >= 11 is 3.32. The summed E-state index contributed by atoms with van der Waals surface area (Å²) in [7, 11) is -2.55. The van der Waals surface area contributed by atoms with Crippen molar-refractivity contribution < 1.29 is 18.1 Å². The molecule has 0 aliphatic rings. The SMILES string of the molecule is CNS(=O)(=O)c1ccc(Oc2ccc(C)cc2Br)c([N+](=O)[O-])c1. The lowest BCUT2D eigenvalue weighted by Crippen LogP contribution is -2.18. The fraction of sp³-hybridized carbons (Fsp3) is 0.143. The Kier molecular flexibility index (Phi) is 5.03. The third kappa shape index (κ3) is 3.87. The van der Waals surface area contributed by atoms with Gasteiger partial charge in [0, 0.05) is 6.07 Å². The van der Waals surface area contributed by atoms with Gasteiger partial charge in [-0.3, -0.25) is 10.1 Å². The van der Waals surface area contributed by atoms with Crippen LogP contribution in [-0.4, -0.2) is 20.4 Å². The van der Waals surface area contributed by atoms with Crippen molar-refractivity contribution in [2.75, 3.05) is 7.05 Å². The van der Waals surface area contributed by atoms with Gasteiger partial charge in [0.25, 0.3) is 0 Å². The zero-order valence-electron chi connectivity index (χ0n) is 12.2. The Balaban J connectivity index is 2.48. The molecule has 23 heavy (non-hydrogen) atoms. The molecule has 0 aliphatic heterocycles. The summed E-state index contributed by atoms with van der Waals surface area (Å²) in [4.78, 5) is 10.3. The number of rotatable bonds is 5. The standard InChI is InChI=1S/C14H13BrN2O5S/c1-9-3-5-13(11(15)7-9)22-14-6-4-10(23(20,21)16-2)8-12(14)17(18)19/h3-8,16H,1-2H3. The molecule has 0 saturated heterocycles. The molecule has 0 unspecified atom stereocenters. The molecule has 122 valence electrons. The quantitative estimate of drug-likeness (QED) is 0.612. The Bertz CT molecular complexity index is 867. The highest BCUT2D eigenvalue weighted by Crippen LogP contribution is 2.36. The van der Waals surface area contributed by atoms with E-state index in [2.05, 4.69) is 20.7 Å². The highest BCUT2D eigenvalue weighted by Gasteiger charge is 2.22. The van der Waals surface area contributed by atoms with Crippen molar-refractivity contribution in [2.24, 2.45) is 0 Å². The van der Waals surface area contributed by atoms with Crippen molar-refractivity contribution in [3.63, 3.8) is 0 Å². The van der Waals surface area contributed by atoms with E-state index in [4.69, 9.17) is 4.74 Å². The van der Waals surface area contributed by atoms with E-state index in [1.54, 1.807) is 18.2 Å². The minimum Gasteiger partial charge on any atom is -0.449 e. The van der Waals surface area contributed by atoms with Crippen LogP contribution in [-0.2, 0) is 10.0 Å². The Morgan fingerprint density at radius 3 is 2.39 bits per heavy atom. The van der Waals surface area contributed by atoms with Gasteiger partial charge in [0.15, 0.2) is 0 Å². The number of hydrogen-bond donors (Lipinski definition) is 1. The molecular weight excluding hydrogens is 388 g/mol. The van der Waals surface area contributed by atoms with Crippen LogP contribution in [0.3, 0.4) is 0 Å². The second kappa shape index (κ2) is 6.65. The number of halogens is 1. The molecule has 0 aliphatic carbocycles. The van der Waals surface area contributed by atoms with Gasteiger partial charge in [-0.2, -0.15) is 0 Å². The first-order chi connectivity index (χ1) is 10.7. The second-order valence-corrected chi connectivity index (χ2v) is 7.37. The molecule has 0 spiro atoms. The molecule has 2 aromatic rings. The smallest absolute Gasteiger partial charge is 0.312 e. The molecule has 0 heterocycles. The highest BCUT2D eigenvalue weighted by molar-refractivity contribution is 9.10. The summed E-state index contributed by atoms with van der Waals surface area (Å²) in [5.41, 5.74) is 0.558. The molecule has 0 bridgehead atoms. The molecular formula is C14H13BrN2O5S. The molecule has 0 radical (unpaired) electrons. The summed E-state index contributed by atoms with van der Waals surface area (Å²) in [5.74, 6) is 0.345. The first kappa shape index (κ1) is 17.4. The van der Waals surface area contributed by atoms with Gasteiger partial charge < -0.3 is 4.74 Å². The number of benzene rings is 2. The number of aryl methyl sites for hydroxylation is 1. The van der Waals surface area contributed by atoms with Crippen LogP contribution >= 0.6 is 15.9 Å². The van der Waals surface area contributed by atoms with E-state index in [0.717, 1.165) is 11.6 Å².